The van der Waals surface area contributed by atoms with E-state index in [9.17, 15) is 23.6 Å². The van der Waals surface area contributed by atoms with Crippen LogP contribution in [0.15, 0.2) is 45.8 Å². The van der Waals surface area contributed by atoms with Crippen LogP contribution in [0.3, 0.4) is 0 Å². The molecule has 1 heterocycles. The van der Waals surface area contributed by atoms with Crippen LogP contribution < -0.4 is 4.90 Å². The maximum absolute atomic E-state index is 12.9. The Bertz CT molecular complexity index is 988. The Balaban J connectivity index is 1.82. The third-order valence-electron chi connectivity index (χ3n) is 4.45. The molecule has 2 aromatic carbocycles. The third-order valence-corrected chi connectivity index (χ3v) is 6.87. The van der Waals surface area contributed by atoms with Crippen LogP contribution in [0, 0.1) is 17.0 Å². The molecule has 8 nitrogen and oxygen atoms in total. The standard InChI is InChI=1S/C17H18BrN3O5S/c1-12-2-5-16(22)17(10-12)27(25,26)20-8-6-19(7-9-20)14-4-3-13(18)11-15(14)21(23)24/h2-5,10-11,22H,6-9H2,1H3. The number of phenolic OH excluding ortho intramolecular Hbond substituents is 1. The number of benzene rings is 2. The van der Waals surface area contributed by atoms with Gasteiger partial charge in [0.1, 0.15) is 16.3 Å². The first-order chi connectivity index (χ1) is 12.7. The minimum absolute atomic E-state index is 0.0305. The molecule has 1 saturated heterocycles. The van der Waals surface area contributed by atoms with E-state index >= 15 is 0 Å². The number of aromatic hydroxyl groups is 1. The Morgan fingerprint density at radius 3 is 2.41 bits per heavy atom. The van der Waals surface area contributed by atoms with Crippen molar-refractivity contribution in [3.05, 3.63) is 56.5 Å². The average molecular weight is 456 g/mol. The number of nitro benzene ring substituents is 1. The summed E-state index contributed by atoms with van der Waals surface area (Å²) >= 11 is 3.23. The summed E-state index contributed by atoms with van der Waals surface area (Å²) in [5.74, 6) is -0.286. The van der Waals surface area contributed by atoms with Crippen molar-refractivity contribution >= 4 is 37.3 Å². The van der Waals surface area contributed by atoms with Gasteiger partial charge in [0.15, 0.2) is 0 Å². The van der Waals surface area contributed by atoms with Crippen LogP contribution in [0.4, 0.5) is 11.4 Å². The third kappa shape index (κ3) is 3.92. The highest BCUT2D eigenvalue weighted by molar-refractivity contribution is 9.10. The normalized spacial score (nSPS) is 15.7. The predicted molar refractivity (Wildman–Crippen MR) is 105 cm³/mol. The summed E-state index contributed by atoms with van der Waals surface area (Å²) in [5.41, 5.74) is 1.16. The maximum Gasteiger partial charge on any atom is 0.293 e. The summed E-state index contributed by atoms with van der Waals surface area (Å²) in [7, 11) is -3.84. The first kappa shape index (κ1) is 19.6. The molecule has 27 heavy (non-hydrogen) atoms. The van der Waals surface area contributed by atoms with Crippen molar-refractivity contribution in [2.24, 2.45) is 0 Å². The molecule has 0 bridgehead atoms. The molecule has 0 spiro atoms. The highest BCUT2D eigenvalue weighted by atomic mass is 79.9. The van der Waals surface area contributed by atoms with Gasteiger partial charge in [-0.3, -0.25) is 10.1 Å². The van der Waals surface area contributed by atoms with Crippen molar-refractivity contribution in [3.63, 3.8) is 0 Å². The Morgan fingerprint density at radius 1 is 1.11 bits per heavy atom. The van der Waals surface area contributed by atoms with Crippen LogP contribution in [0.2, 0.25) is 0 Å². The van der Waals surface area contributed by atoms with Crippen LogP contribution in [0.25, 0.3) is 0 Å². The van der Waals surface area contributed by atoms with Gasteiger partial charge in [0.2, 0.25) is 10.0 Å². The number of nitro groups is 1. The largest absolute Gasteiger partial charge is 0.507 e. The monoisotopic (exact) mass is 455 g/mol. The van der Waals surface area contributed by atoms with E-state index in [2.05, 4.69) is 15.9 Å². The Morgan fingerprint density at radius 2 is 1.78 bits per heavy atom. The number of aryl methyl sites for hydroxylation is 1. The van der Waals surface area contributed by atoms with Gasteiger partial charge in [-0.1, -0.05) is 22.0 Å². The molecule has 0 aromatic heterocycles. The number of phenols is 1. The quantitative estimate of drug-likeness (QED) is 0.561. The van der Waals surface area contributed by atoms with E-state index < -0.39 is 14.9 Å². The SMILES string of the molecule is Cc1ccc(O)c(S(=O)(=O)N2CCN(c3ccc(Br)cc3[N+](=O)[O-])CC2)c1. The number of sulfonamides is 1. The minimum atomic E-state index is -3.84. The predicted octanol–water partition coefficient (Wildman–Crippen LogP) is 2.88. The second kappa shape index (κ2) is 7.45. The van der Waals surface area contributed by atoms with Crippen LogP contribution in [-0.4, -0.2) is 48.9 Å². The van der Waals surface area contributed by atoms with Gasteiger partial charge in [-0.15, -0.1) is 0 Å². The minimum Gasteiger partial charge on any atom is -0.507 e. The van der Waals surface area contributed by atoms with Crippen molar-refractivity contribution in [1.29, 1.82) is 0 Å². The second-order valence-corrected chi connectivity index (χ2v) is 9.07. The van der Waals surface area contributed by atoms with Crippen LogP contribution in [0.1, 0.15) is 5.56 Å². The molecular formula is C17H18BrN3O5S. The number of hydrogen-bond acceptors (Lipinski definition) is 6. The number of nitrogens with zero attached hydrogens (tertiary/aromatic N) is 3. The Kier molecular flexibility index (Phi) is 5.41. The lowest BCUT2D eigenvalue weighted by Gasteiger charge is -2.35. The molecule has 0 atom stereocenters. The first-order valence-corrected chi connectivity index (χ1v) is 10.4. The van der Waals surface area contributed by atoms with E-state index in [1.807, 2.05) is 0 Å². The molecule has 0 radical (unpaired) electrons. The fourth-order valence-corrected chi connectivity index (χ4v) is 4.98. The highest BCUT2D eigenvalue weighted by Gasteiger charge is 2.32. The van der Waals surface area contributed by atoms with Gasteiger partial charge in [-0.25, -0.2) is 8.42 Å². The number of hydrogen-bond donors (Lipinski definition) is 1. The second-order valence-electron chi connectivity index (χ2n) is 6.25. The van der Waals surface area contributed by atoms with Gasteiger partial charge in [-0.05, 0) is 36.8 Å². The summed E-state index contributed by atoms with van der Waals surface area (Å²) < 4.78 is 27.6. The zero-order chi connectivity index (χ0) is 19.8. The van der Waals surface area contributed by atoms with E-state index in [0.29, 0.717) is 23.2 Å². The number of rotatable bonds is 4. The van der Waals surface area contributed by atoms with E-state index in [1.165, 1.54) is 22.5 Å². The molecule has 3 rings (SSSR count). The van der Waals surface area contributed by atoms with Crippen molar-refractivity contribution in [3.8, 4) is 5.75 Å². The fraction of sp³-hybridized carbons (Fsp3) is 0.294. The topological polar surface area (TPSA) is 104 Å². The van der Waals surface area contributed by atoms with Crippen LogP contribution >= 0.6 is 15.9 Å². The summed E-state index contributed by atoms with van der Waals surface area (Å²) in [6, 6.07) is 9.25. The van der Waals surface area contributed by atoms with Gasteiger partial charge >= 0.3 is 0 Å². The van der Waals surface area contributed by atoms with Gasteiger partial charge in [-0.2, -0.15) is 4.31 Å². The highest BCUT2D eigenvalue weighted by Crippen LogP contribution is 2.33. The van der Waals surface area contributed by atoms with Gasteiger partial charge < -0.3 is 10.0 Å². The lowest BCUT2D eigenvalue weighted by molar-refractivity contribution is -0.384. The summed E-state index contributed by atoms with van der Waals surface area (Å²) in [6.07, 6.45) is 0. The molecule has 2 aromatic rings. The van der Waals surface area contributed by atoms with Crippen LogP contribution in [0.5, 0.6) is 5.75 Å². The molecule has 0 unspecified atom stereocenters. The molecule has 10 heteroatoms. The molecule has 0 aliphatic carbocycles. The molecule has 1 N–H and O–H groups in total. The smallest absolute Gasteiger partial charge is 0.293 e. The maximum atomic E-state index is 12.9. The average Bonchev–Trinajstić information content (AvgIpc) is 2.63. The molecule has 1 fully saturated rings. The lowest BCUT2D eigenvalue weighted by Crippen LogP contribution is -2.48. The summed E-state index contributed by atoms with van der Waals surface area (Å²) in [5, 5.41) is 21.3. The number of anilines is 1. The number of halogens is 1. The van der Waals surface area contributed by atoms with Crippen molar-refractivity contribution < 1.29 is 18.4 Å². The molecule has 1 aliphatic rings. The Hall–Kier alpha value is -2.17. The zero-order valence-corrected chi connectivity index (χ0v) is 16.9. The zero-order valence-electron chi connectivity index (χ0n) is 14.5. The summed E-state index contributed by atoms with van der Waals surface area (Å²) in [4.78, 5) is 12.5. The molecular weight excluding hydrogens is 438 g/mol. The van der Waals surface area contributed by atoms with E-state index in [1.54, 1.807) is 30.0 Å². The molecule has 1 aliphatic heterocycles. The van der Waals surface area contributed by atoms with E-state index in [-0.39, 0.29) is 29.4 Å². The van der Waals surface area contributed by atoms with Crippen molar-refractivity contribution in [2.75, 3.05) is 31.1 Å². The van der Waals surface area contributed by atoms with Crippen LogP contribution in [-0.2, 0) is 10.0 Å². The molecule has 144 valence electrons. The van der Waals surface area contributed by atoms with Crippen molar-refractivity contribution in [2.45, 2.75) is 11.8 Å². The van der Waals surface area contributed by atoms with Crippen molar-refractivity contribution in [1.82, 2.24) is 4.31 Å². The fourth-order valence-electron chi connectivity index (χ4n) is 3.05. The number of piperazine rings is 1. The molecule has 0 saturated carbocycles. The first-order valence-electron chi connectivity index (χ1n) is 8.19. The van der Waals surface area contributed by atoms with Gasteiger partial charge in [0, 0.05) is 36.7 Å². The Labute approximate surface area is 165 Å². The van der Waals surface area contributed by atoms with E-state index in [0.717, 1.165) is 5.56 Å². The van der Waals surface area contributed by atoms with E-state index in [4.69, 9.17) is 0 Å². The van der Waals surface area contributed by atoms with Gasteiger partial charge in [0.25, 0.3) is 5.69 Å². The van der Waals surface area contributed by atoms with Gasteiger partial charge in [0.05, 0.1) is 4.92 Å². The molecule has 0 amide bonds. The lowest BCUT2D eigenvalue weighted by atomic mass is 10.2. The summed E-state index contributed by atoms with van der Waals surface area (Å²) in [6.45, 7) is 2.72.